The van der Waals surface area contributed by atoms with E-state index in [0.717, 1.165) is 38.8 Å². The number of rotatable bonds is 39. The summed E-state index contributed by atoms with van der Waals surface area (Å²) in [5.74, 6) is -0.150. The lowest BCUT2D eigenvalue weighted by Crippen LogP contribution is -2.40. The Kier molecular flexibility index (Phi) is 33.3. The van der Waals surface area contributed by atoms with Crippen LogP contribution in [-0.4, -0.2) is 149 Å². The van der Waals surface area contributed by atoms with E-state index in [0.29, 0.717) is 118 Å². The van der Waals surface area contributed by atoms with Crippen LogP contribution in [0.3, 0.4) is 0 Å². The van der Waals surface area contributed by atoms with Crippen LogP contribution in [0.2, 0.25) is 0 Å². The molecular weight excluding hydrogens is 686 g/mol. The third kappa shape index (κ3) is 32.6. The summed E-state index contributed by atoms with van der Waals surface area (Å²) in [6, 6.07) is 7.99. The van der Waals surface area contributed by atoms with Crippen molar-refractivity contribution in [3.8, 4) is 0 Å². The van der Waals surface area contributed by atoms with Gasteiger partial charge in [0.1, 0.15) is 0 Å². The Morgan fingerprint density at radius 3 is 1.51 bits per heavy atom. The standard InChI is InChI=1S/C39H69N3O11/c1-4-40-16-6-5-9-37(35(3)43)42-39(45)15-18-46-20-22-48-24-26-50-28-30-52-32-33-53-31-29-51-27-25-49-23-21-47-19-17-41-38(44)10-7-8-36-13-11-34(2)12-14-36/h11-14,37,40H,4-10,15-33H2,1-3H3,(H,41,44)(H,42,45)/t37-/m0/s1. The number of unbranched alkanes of at least 4 members (excludes halogenated alkanes) is 1. The molecule has 1 rings (SSSR count). The second-order valence-electron chi connectivity index (χ2n) is 12.4. The zero-order valence-corrected chi connectivity index (χ0v) is 32.8. The minimum atomic E-state index is -0.432. The maximum atomic E-state index is 12.1. The number of carbonyl (C=O) groups excluding carboxylic acids is 3. The molecule has 0 saturated carbocycles. The molecule has 0 aromatic heterocycles. The molecule has 14 heteroatoms. The fourth-order valence-electron chi connectivity index (χ4n) is 4.78. The third-order valence-electron chi connectivity index (χ3n) is 7.81. The summed E-state index contributed by atoms with van der Waals surface area (Å²) >= 11 is 0. The van der Waals surface area contributed by atoms with Gasteiger partial charge >= 0.3 is 0 Å². The molecule has 306 valence electrons. The number of hydrogen-bond acceptors (Lipinski definition) is 12. The molecular formula is C39H69N3O11. The lowest BCUT2D eigenvalue weighted by Gasteiger charge is -2.16. The Morgan fingerprint density at radius 1 is 0.566 bits per heavy atom. The van der Waals surface area contributed by atoms with E-state index in [1.807, 2.05) is 0 Å². The van der Waals surface area contributed by atoms with Crippen LogP contribution >= 0.6 is 0 Å². The summed E-state index contributed by atoms with van der Waals surface area (Å²) in [7, 11) is 0. The predicted octanol–water partition coefficient (Wildman–Crippen LogP) is 2.81. The summed E-state index contributed by atoms with van der Waals surface area (Å²) in [5.41, 5.74) is 2.50. The number of amides is 2. The van der Waals surface area contributed by atoms with E-state index in [2.05, 4.69) is 54.1 Å². The SMILES string of the molecule is CCNCCCC[C@H](NC(=O)CCOCCOCCOCCOCCOCCOCCOCCOCCNC(=O)CCCc1ccc(C)cc1)C(C)=O. The maximum Gasteiger partial charge on any atom is 0.222 e. The molecule has 0 aliphatic carbocycles. The number of benzene rings is 1. The van der Waals surface area contributed by atoms with Crippen molar-refractivity contribution in [1.29, 1.82) is 0 Å². The first kappa shape index (κ1) is 48.5. The highest BCUT2D eigenvalue weighted by molar-refractivity contribution is 5.87. The van der Waals surface area contributed by atoms with Crippen molar-refractivity contribution in [3.05, 3.63) is 35.4 Å². The van der Waals surface area contributed by atoms with Gasteiger partial charge in [0.25, 0.3) is 0 Å². The molecule has 0 spiro atoms. The molecule has 0 heterocycles. The van der Waals surface area contributed by atoms with Crippen LogP contribution in [0.25, 0.3) is 0 Å². The fourth-order valence-corrected chi connectivity index (χ4v) is 4.78. The number of hydrogen-bond donors (Lipinski definition) is 3. The van der Waals surface area contributed by atoms with E-state index in [9.17, 15) is 14.4 Å². The second kappa shape index (κ2) is 36.4. The van der Waals surface area contributed by atoms with Gasteiger partial charge in [-0.2, -0.15) is 0 Å². The molecule has 0 aliphatic rings. The first-order valence-electron chi connectivity index (χ1n) is 19.4. The smallest absolute Gasteiger partial charge is 0.222 e. The number of ether oxygens (including phenoxy) is 8. The Morgan fingerprint density at radius 2 is 1.04 bits per heavy atom. The highest BCUT2D eigenvalue weighted by atomic mass is 16.6. The van der Waals surface area contributed by atoms with E-state index in [4.69, 9.17) is 37.9 Å². The first-order chi connectivity index (χ1) is 25.9. The summed E-state index contributed by atoms with van der Waals surface area (Å²) in [5, 5.41) is 8.95. The molecule has 0 unspecified atom stereocenters. The average molecular weight is 756 g/mol. The minimum Gasteiger partial charge on any atom is -0.379 e. The van der Waals surface area contributed by atoms with Crippen molar-refractivity contribution in [2.45, 2.75) is 71.8 Å². The van der Waals surface area contributed by atoms with Gasteiger partial charge in [-0.05, 0) is 64.6 Å². The normalized spacial score (nSPS) is 11.8. The Balaban J connectivity index is 1.73. The first-order valence-corrected chi connectivity index (χ1v) is 19.4. The summed E-state index contributed by atoms with van der Waals surface area (Å²) < 4.78 is 43.9. The molecule has 53 heavy (non-hydrogen) atoms. The van der Waals surface area contributed by atoms with Crippen molar-refractivity contribution >= 4 is 17.6 Å². The lowest BCUT2D eigenvalue weighted by molar-refractivity contribution is -0.127. The number of nitrogens with one attached hydrogen (secondary N) is 3. The fraction of sp³-hybridized carbons (Fsp3) is 0.769. The van der Waals surface area contributed by atoms with Crippen molar-refractivity contribution in [2.24, 2.45) is 0 Å². The van der Waals surface area contributed by atoms with Crippen LogP contribution in [0.4, 0.5) is 0 Å². The van der Waals surface area contributed by atoms with Gasteiger partial charge in [0, 0.05) is 19.4 Å². The van der Waals surface area contributed by atoms with Gasteiger partial charge < -0.3 is 53.8 Å². The van der Waals surface area contributed by atoms with E-state index in [1.165, 1.54) is 18.1 Å². The van der Waals surface area contributed by atoms with Gasteiger partial charge in [0.15, 0.2) is 5.78 Å². The van der Waals surface area contributed by atoms with E-state index >= 15 is 0 Å². The molecule has 0 fully saturated rings. The second-order valence-corrected chi connectivity index (χ2v) is 12.4. The van der Waals surface area contributed by atoms with Gasteiger partial charge in [-0.15, -0.1) is 0 Å². The molecule has 0 aliphatic heterocycles. The molecule has 0 radical (unpaired) electrons. The molecule has 1 atom stereocenters. The van der Waals surface area contributed by atoms with Crippen LogP contribution in [0.5, 0.6) is 0 Å². The molecule has 0 bridgehead atoms. The number of aryl methyl sites for hydroxylation is 2. The molecule has 1 aromatic carbocycles. The predicted molar refractivity (Wildman–Crippen MR) is 203 cm³/mol. The van der Waals surface area contributed by atoms with Gasteiger partial charge in [-0.3, -0.25) is 14.4 Å². The van der Waals surface area contributed by atoms with Crippen LogP contribution in [-0.2, 0) is 58.7 Å². The summed E-state index contributed by atoms with van der Waals surface area (Å²) in [6.45, 7) is 15.1. The van der Waals surface area contributed by atoms with Crippen LogP contribution in [0.15, 0.2) is 24.3 Å². The average Bonchev–Trinajstić information content (AvgIpc) is 3.14. The minimum absolute atomic E-state index is 0.0218. The Labute approximate surface area is 318 Å². The summed E-state index contributed by atoms with van der Waals surface area (Å²) in [6.07, 6.45) is 4.96. The van der Waals surface area contributed by atoms with Crippen molar-refractivity contribution in [3.63, 3.8) is 0 Å². The highest BCUT2D eigenvalue weighted by Crippen LogP contribution is 2.07. The highest BCUT2D eigenvalue weighted by Gasteiger charge is 2.16. The zero-order valence-electron chi connectivity index (χ0n) is 32.8. The van der Waals surface area contributed by atoms with Crippen molar-refractivity contribution in [2.75, 3.05) is 125 Å². The van der Waals surface area contributed by atoms with Crippen molar-refractivity contribution < 1.29 is 52.3 Å². The van der Waals surface area contributed by atoms with Crippen LogP contribution in [0, 0.1) is 6.92 Å². The Bertz CT molecular complexity index is 1020. The number of ketones is 1. The summed E-state index contributed by atoms with van der Waals surface area (Å²) in [4.78, 5) is 35.9. The molecule has 14 nitrogen and oxygen atoms in total. The lowest BCUT2D eigenvalue weighted by atomic mass is 10.1. The van der Waals surface area contributed by atoms with E-state index in [-0.39, 0.29) is 30.6 Å². The van der Waals surface area contributed by atoms with Crippen LogP contribution < -0.4 is 16.0 Å². The molecule has 3 N–H and O–H groups in total. The van der Waals surface area contributed by atoms with Gasteiger partial charge in [-0.1, -0.05) is 36.8 Å². The maximum absolute atomic E-state index is 12.1. The van der Waals surface area contributed by atoms with Gasteiger partial charge in [0.2, 0.25) is 11.8 Å². The molecule has 2 amide bonds. The van der Waals surface area contributed by atoms with Crippen LogP contribution in [0.1, 0.15) is 63.5 Å². The molecule has 1 aromatic rings. The largest absolute Gasteiger partial charge is 0.379 e. The van der Waals surface area contributed by atoms with E-state index in [1.54, 1.807) is 0 Å². The third-order valence-corrected chi connectivity index (χ3v) is 7.81. The van der Waals surface area contributed by atoms with Gasteiger partial charge in [0.05, 0.1) is 112 Å². The zero-order chi connectivity index (χ0) is 38.5. The quantitative estimate of drug-likeness (QED) is 0.0845. The van der Waals surface area contributed by atoms with Crippen molar-refractivity contribution in [1.82, 2.24) is 16.0 Å². The number of carbonyl (C=O) groups is 3. The monoisotopic (exact) mass is 755 g/mol. The van der Waals surface area contributed by atoms with Gasteiger partial charge in [-0.25, -0.2) is 0 Å². The topological polar surface area (TPSA) is 161 Å². The number of Topliss-reactive ketones (excluding diaryl/α,β-unsaturated/α-hetero) is 1. The Hall–Kier alpha value is -2.53. The van der Waals surface area contributed by atoms with E-state index < -0.39 is 6.04 Å². The molecule has 0 saturated heterocycles.